The Morgan fingerprint density at radius 1 is 1.10 bits per heavy atom. The molecule has 2 amide bonds. The molecule has 12 heteroatoms. The fourth-order valence-electron chi connectivity index (χ4n) is 4.09. The zero-order valence-electron chi connectivity index (χ0n) is 21.2. The SMILES string of the molecule is CC1=C(C(=O)Nc2cc(C(F)(F)F)ccc2Cl)[C@H](c2ccco2)C(C#N)=C(SCC(=O)Nc2ccccc2C)N1. The smallest absolute Gasteiger partial charge is 0.416 e. The molecule has 2 aromatic carbocycles. The summed E-state index contributed by atoms with van der Waals surface area (Å²) >= 11 is 7.16. The number of benzene rings is 2. The van der Waals surface area contributed by atoms with Gasteiger partial charge in [0.25, 0.3) is 5.91 Å². The Bertz CT molecular complexity index is 1560. The minimum Gasteiger partial charge on any atom is -0.468 e. The summed E-state index contributed by atoms with van der Waals surface area (Å²) in [5, 5.41) is 18.6. The summed E-state index contributed by atoms with van der Waals surface area (Å²) in [5.41, 5.74) is 0.807. The van der Waals surface area contributed by atoms with Crippen LogP contribution in [0.3, 0.4) is 0 Å². The number of para-hydroxylation sites is 1. The van der Waals surface area contributed by atoms with E-state index in [1.54, 1.807) is 31.2 Å². The number of hydrogen-bond donors (Lipinski definition) is 3. The summed E-state index contributed by atoms with van der Waals surface area (Å²) in [4.78, 5) is 26.1. The van der Waals surface area contributed by atoms with E-state index in [2.05, 4.69) is 22.0 Å². The molecule has 3 aromatic rings. The molecule has 0 spiro atoms. The van der Waals surface area contributed by atoms with Gasteiger partial charge in [-0.15, -0.1) is 0 Å². The highest BCUT2D eigenvalue weighted by Crippen LogP contribution is 2.42. The molecule has 3 N–H and O–H groups in total. The first-order chi connectivity index (χ1) is 19.0. The van der Waals surface area contributed by atoms with Crippen LogP contribution in [0.15, 0.2) is 87.1 Å². The number of nitrogens with zero attached hydrogens (tertiary/aromatic N) is 1. The number of alkyl halides is 3. The lowest BCUT2D eigenvalue weighted by atomic mass is 9.85. The molecule has 2 heterocycles. The molecular weight excluding hydrogens is 565 g/mol. The molecule has 7 nitrogen and oxygen atoms in total. The average molecular weight is 587 g/mol. The van der Waals surface area contributed by atoms with Crippen molar-refractivity contribution >= 4 is 46.6 Å². The molecule has 1 atom stereocenters. The number of anilines is 2. The van der Waals surface area contributed by atoms with Gasteiger partial charge < -0.3 is 20.4 Å². The summed E-state index contributed by atoms with van der Waals surface area (Å²) in [6, 6.07) is 15.2. The third-order valence-electron chi connectivity index (χ3n) is 6.03. The number of nitriles is 1. The predicted molar refractivity (Wildman–Crippen MR) is 147 cm³/mol. The highest BCUT2D eigenvalue weighted by atomic mass is 35.5. The third-order valence-corrected chi connectivity index (χ3v) is 7.38. The second kappa shape index (κ2) is 11.9. The van der Waals surface area contributed by atoms with Gasteiger partial charge in [0.05, 0.1) is 56.5 Å². The van der Waals surface area contributed by atoms with Crippen LogP contribution < -0.4 is 16.0 Å². The molecule has 0 saturated carbocycles. The normalized spacial score (nSPS) is 15.4. The fourth-order valence-corrected chi connectivity index (χ4v) is 5.15. The van der Waals surface area contributed by atoms with E-state index in [-0.39, 0.29) is 39.3 Å². The number of thioether (sulfide) groups is 1. The Kier molecular flexibility index (Phi) is 8.61. The van der Waals surface area contributed by atoms with Gasteiger partial charge in [0, 0.05) is 11.4 Å². The fraction of sp³-hybridized carbons (Fsp3) is 0.179. The van der Waals surface area contributed by atoms with Gasteiger partial charge >= 0.3 is 6.18 Å². The van der Waals surface area contributed by atoms with Crippen LogP contribution in [0.25, 0.3) is 0 Å². The number of halogens is 4. The monoisotopic (exact) mass is 586 g/mol. The van der Waals surface area contributed by atoms with Crippen LogP contribution in [-0.4, -0.2) is 17.6 Å². The topological polar surface area (TPSA) is 107 Å². The van der Waals surface area contributed by atoms with Crippen molar-refractivity contribution in [2.75, 3.05) is 16.4 Å². The average Bonchev–Trinajstić information content (AvgIpc) is 3.43. The second-order valence-electron chi connectivity index (χ2n) is 8.76. The Balaban J connectivity index is 1.62. The van der Waals surface area contributed by atoms with Gasteiger partial charge in [0.2, 0.25) is 5.91 Å². The number of hydrogen-bond acceptors (Lipinski definition) is 6. The van der Waals surface area contributed by atoms with E-state index in [1.165, 1.54) is 6.26 Å². The predicted octanol–water partition coefficient (Wildman–Crippen LogP) is 6.97. The van der Waals surface area contributed by atoms with Gasteiger partial charge in [-0.05, 0) is 55.8 Å². The van der Waals surface area contributed by atoms with E-state index in [9.17, 15) is 28.0 Å². The molecule has 1 aliphatic rings. The van der Waals surface area contributed by atoms with Gasteiger partial charge in [-0.3, -0.25) is 9.59 Å². The Morgan fingerprint density at radius 2 is 1.85 bits per heavy atom. The molecule has 0 aliphatic carbocycles. The molecule has 0 saturated heterocycles. The van der Waals surface area contributed by atoms with Crippen molar-refractivity contribution in [1.29, 1.82) is 5.26 Å². The van der Waals surface area contributed by atoms with Crippen molar-refractivity contribution in [2.24, 2.45) is 0 Å². The van der Waals surface area contributed by atoms with Gasteiger partial charge in [0.1, 0.15) is 5.76 Å². The minimum atomic E-state index is -4.64. The molecule has 0 radical (unpaired) electrons. The number of allylic oxidation sites excluding steroid dienone is 2. The van der Waals surface area contributed by atoms with E-state index >= 15 is 0 Å². The van der Waals surface area contributed by atoms with E-state index in [4.69, 9.17) is 16.0 Å². The highest BCUT2D eigenvalue weighted by Gasteiger charge is 2.37. The first-order valence-electron chi connectivity index (χ1n) is 11.8. The molecule has 1 aliphatic heterocycles. The maximum Gasteiger partial charge on any atom is 0.416 e. The first-order valence-corrected chi connectivity index (χ1v) is 13.2. The maximum atomic E-state index is 13.5. The van der Waals surface area contributed by atoms with Crippen molar-refractivity contribution in [2.45, 2.75) is 25.9 Å². The van der Waals surface area contributed by atoms with Crippen LogP contribution in [0.5, 0.6) is 0 Å². The van der Waals surface area contributed by atoms with Crippen molar-refractivity contribution in [3.63, 3.8) is 0 Å². The molecular formula is C28H22ClF3N4O3S. The second-order valence-corrected chi connectivity index (χ2v) is 10.2. The zero-order valence-corrected chi connectivity index (χ0v) is 22.7. The Labute approximate surface area is 237 Å². The van der Waals surface area contributed by atoms with E-state index < -0.39 is 23.6 Å². The summed E-state index contributed by atoms with van der Waals surface area (Å²) in [5.74, 6) is -1.85. The van der Waals surface area contributed by atoms with Crippen molar-refractivity contribution in [3.8, 4) is 6.07 Å². The number of furan rings is 1. The standard InChI is InChI=1S/C28H22ClF3N4O3S/c1-15-6-3-4-7-20(15)35-23(37)14-40-27-18(13-33)25(22-8-5-11-39-22)24(16(2)34-27)26(38)36-21-12-17(28(30,31)32)9-10-19(21)29/h3-12,25,34H,14H2,1-2H3,(H,35,37)(H,36,38)/t25-/m0/s1. The van der Waals surface area contributed by atoms with Crippen LogP contribution in [0, 0.1) is 18.3 Å². The molecule has 0 fully saturated rings. The summed E-state index contributed by atoms with van der Waals surface area (Å²) < 4.78 is 45.3. The van der Waals surface area contributed by atoms with Crippen molar-refractivity contribution in [1.82, 2.24) is 5.32 Å². The molecule has 0 unspecified atom stereocenters. The third kappa shape index (κ3) is 6.35. The van der Waals surface area contributed by atoms with Crippen LogP contribution in [0.1, 0.15) is 29.7 Å². The lowest BCUT2D eigenvalue weighted by molar-refractivity contribution is -0.137. The van der Waals surface area contributed by atoms with Crippen LogP contribution >= 0.6 is 23.4 Å². The van der Waals surface area contributed by atoms with Crippen LogP contribution in [0.2, 0.25) is 5.02 Å². The van der Waals surface area contributed by atoms with Crippen molar-refractivity contribution in [3.05, 3.63) is 105 Å². The number of aryl methyl sites for hydroxylation is 1. The lowest BCUT2D eigenvalue weighted by Gasteiger charge is -2.28. The number of amides is 2. The number of dihydropyridines is 1. The molecule has 1 aromatic heterocycles. The molecule has 4 rings (SSSR count). The van der Waals surface area contributed by atoms with Crippen LogP contribution in [0.4, 0.5) is 24.5 Å². The van der Waals surface area contributed by atoms with Crippen LogP contribution in [-0.2, 0) is 15.8 Å². The lowest BCUT2D eigenvalue weighted by Crippen LogP contribution is -2.31. The van der Waals surface area contributed by atoms with Crippen molar-refractivity contribution < 1.29 is 27.2 Å². The first kappa shape index (κ1) is 28.9. The summed E-state index contributed by atoms with van der Waals surface area (Å²) in [6.07, 6.45) is -3.26. The van der Waals surface area contributed by atoms with Gasteiger partial charge in [0.15, 0.2) is 0 Å². The molecule has 206 valence electrons. The quantitative estimate of drug-likeness (QED) is 0.276. The van der Waals surface area contributed by atoms with E-state index in [0.717, 1.165) is 35.5 Å². The van der Waals surface area contributed by atoms with Gasteiger partial charge in [-0.1, -0.05) is 41.6 Å². The number of carbonyl (C=O) groups excluding carboxylic acids is 2. The number of carbonyl (C=O) groups is 2. The Hall–Kier alpha value is -4.14. The highest BCUT2D eigenvalue weighted by molar-refractivity contribution is 8.03. The number of rotatable bonds is 7. The van der Waals surface area contributed by atoms with Gasteiger partial charge in [-0.2, -0.15) is 18.4 Å². The van der Waals surface area contributed by atoms with Gasteiger partial charge in [-0.25, -0.2) is 0 Å². The van der Waals surface area contributed by atoms with E-state index in [0.29, 0.717) is 16.4 Å². The number of nitrogens with one attached hydrogen (secondary N) is 3. The minimum absolute atomic E-state index is 0.0403. The Morgan fingerprint density at radius 3 is 2.50 bits per heavy atom. The molecule has 40 heavy (non-hydrogen) atoms. The zero-order chi connectivity index (χ0) is 29.0. The maximum absolute atomic E-state index is 13.5. The molecule has 0 bridgehead atoms. The summed E-state index contributed by atoms with van der Waals surface area (Å²) in [7, 11) is 0. The summed E-state index contributed by atoms with van der Waals surface area (Å²) in [6.45, 7) is 3.45. The largest absolute Gasteiger partial charge is 0.468 e. The van der Waals surface area contributed by atoms with E-state index in [1.807, 2.05) is 19.1 Å².